The third-order valence-corrected chi connectivity index (χ3v) is 4.13. The fourth-order valence-electron chi connectivity index (χ4n) is 3.06. The molecular formula is C19H17N5. The Hall–Kier alpha value is -3.21. The van der Waals surface area contributed by atoms with Crippen LogP contribution in [-0.4, -0.2) is 24.5 Å². The molecule has 4 rings (SSSR count). The average Bonchev–Trinajstić information content (AvgIpc) is 3.28. The summed E-state index contributed by atoms with van der Waals surface area (Å²) in [4.78, 5) is 4.13. The molecule has 0 saturated carbocycles. The summed E-state index contributed by atoms with van der Waals surface area (Å²) in [7, 11) is 1.97. The molecule has 0 fully saturated rings. The van der Waals surface area contributed by atoms with Crippen LogP contribution in [0, 0.1) is 0 Å². The van der Waals surface area contributed by atoms with Crippen molar-refractivity contribution >= 4 is 0 Å². The molecule has 2 heterocycles. The molecule has 5 heteroatoms. The summed E-state index contributed by atoms with van der Waals surface area (Å²) < 4.78 is 3.79. The largest absolute Gasteiger partial charge is 0.268 e. The molecule has 4 aromatic rings. The molecule has 0 aliphatic rings. The number of nitrogens with zero attached hydrogens (tertiary/aromatic N) is 5. The first kappa shape index (κ1) is 14.4. The molecular weight excluding hydrogens is 298 g/mol. The maximum atomic E-state index is 4.50. The summed E-state index contributed by atoms with van der Waals surface area (Å²) >= 11 is 0. The summed E-state index contributed by atoms with van der Waals surface area (Å²) in [5.41, 5.74) is 4.46. The summed E-state index contributed by atoms with van der Waals surface area (Å²) in [6, 6.07) is 20.5. The molecule has 0 bridgehead atoms. The SMILES string of the molecule is Cn1ncc(C(c2ccccc2)n2cncn2)c1-c1ccccc1. The lowest BCUT2D eigenvalue weighted by Gasteiger charge is -2.18. The Morgan fingerprint density at radius 1 is 0.875 bits per heavy atom. The van der Waals surface area contributed by atoms with E-state index >= 15 is 0 Å². The molecule has 1 atom stereocenters. The van der Waals surface area contributed by atoms with Gasteiger partial charge in [-0.2, -0.15) is 10.2 Å². The van der Waals surface area contributed by atoms with E-state index in [1.165, 1.54) is 0 Å². The molecule has 2 aromatic heterocycles. The molecule has 0 amide bonds. The Morgan fingerprint density at radius 3 is 2.25 bits per heavy atom. The van der Waals surface area contributed by atoms with Crippen LogP contribution in [0.4, 0.5) is 0 Å². The van der Waals surface area contributed by atoms with Gasteiger partial charge in [-0.05, 0) is 5.56 Å². The Balaban J connectivity index is 1.92. The quantitative estimate of drug-likeness (QED) is 0.580. The summed E-state index contributed by atoms with van der Waals surface area (Å²) in [5.74, 6) is 0. The molecule has 0 aliphatic carbocycles. The van der Waals surface area contributed by atoms with Crippen molar-refractivity contribution in [2.24, 2.45) is 7.05 Å². The number of aryl methyl sites for hydroxylation is 1. The van der Waals surface area contributed by atoms with E-state index in [-0.39, 0.29) is 6.04 Å². The number of hydrogen-bond acceptors (Lipinski definition) is 3. The van der Waals surface area contributed by atoms with Crippen molar-refractivity contribution in [2.45, 2.75) is 6.04 Å². The van der Waals surface area contributed by atoms with Crippen molar-refractivity contribution in [3.05, 3.63) is 90.6 Å². The molecule has 0 radical (unpaired) electrons. The predicted octanol–water partition coefficient (Wildman–Crippen LogP) is 3.32. The first-order valence-electron chi connectivity index (χ1n) is 7.81. The minimum Gasteiger partial charge on any atom is -0.268 e. The van der Waals surface area contributed by atoms with Crippen molar-refractivity contribution in [3.8, 4) is 11.3 Å². The van der Waals surface area contributed by atoms with Gasteiger partial charge in [0.2, 0.25) is 0 Å². The number of rotatable bonds is 4. The molecule has 2 aromatic carbocycles. The van der Waals surface area contributed by atoms with Crippen molar-refractivity contribution in [1.82, 2.24) is 24.5 Å². The molecule has 0 saturated heterocycles. The highest BCUT2D eigenvalue weighted by molar-refractivity contribution is 5.65. The molecule has 0 aliphatic heterocycles. The lowest BCUT2D eigenvalue weighted by Crippen LogP contribution is -2.13. The zero-order chi connectivity index (χ0) is 16.4. The lowest BCUT2D eigenvalue weighted by atomic mass is 9.96. The molecule has 24 heavy (non-hydrogen) atoms. The van der Waals surface area contributed by atoms with Gasteiger partial charge in [-0.1, -0.05) is 60.7 Å². The highest BCUT2D eigenvalue weighted by atomic mass is 15.3. The van der Waals surface area contributed by atoms with Gasteiger partial charge in [0.15, 0.2) is 0 Å². The highest BCUT2D eigenvalue weighted by Gasteiger charge is 2.23. The van der Waals surface area contributed by atoms with Crippen LogP contribution in [0.2, 0.25) is 0 Å². The van der Waals surface area contributed by atoms with Crippen LogP contribution in [-0.2, 0) is 7.05 Å². The summed E-state index contributed by atoms with van der Waals surface area (Å²) in [6.45, 7) is 0. The Morgan fingerprint density at radius 2 is 1.58 bits per heavy atom. The van der Waals surface area contributed by atoms with E-state index < -0.39 is 0 Å². The maximum absolute atomic E-state index is 4.50. The Labute approximate surface area is 140 Å². The first-order valence-corrected chi connectivity index (χ1v) is 7.81. The Bertz CT molecular complexity index is 911. The van der Waals surface area contributed by atoms with Crippen LogP contribution < -0.4 is 0 Å². The van der Waals surface area contributed by atoms with Crippen LogP contribution in [0.5, 0.6) is 0 Å². The minimum atomic E-state index is -0.0717. The van der Waals surface area contributed by atoms with E-state index in [1.807, 2.05) is 59.0 Å². The molecule has 118 valence electrons. The third-order valence-electron chi connectivity index (χ3n) is 4.13. The predicted molar refractivity (Wildman–Crippen MR) is 92.3 cm³/mol. The molecule has 0 N–H and O–H groups in total. The van der Waals surface area contributed by atoms with Crippen LogP contribution in [0.3, 0.4) is 0 Å². The van der Waals surface area contributed by atoms with Gasteiger partial charge in [-0.25, -0.2) is 9.67 Å². The van der Waals surface area contributed by atoms with Gasteiger partial charge in [-0.15, -0.1) is 0 Å². The fraction of sp³-hybridized carbons (Fsp3) is 0.105. The average molecular weight is 315 g/mol. The van der Waals surface area contributed by atoms with Crippen molar-refractivity contribution in [1.29, 1.82) is 0 Å². The van der Waals surface area contributed by atoms with Gasteiger partial charge < -0.3 is 0 Å². The molecule has 5 nitrogen and oxygen atoms in total. The van der Waals surface area contributed by atoms with Gasteiger partial charge >= 0.3 is 0 Å². The lowest BCUT2D eigenvalue weighted by molar-refractivity contribution is 0.594. The number of benzene rings is 2. The normalized spacial score (nSPS) is 12.2. The van der Waals surface area contributed by atoms with E-state index in [0.29, 0.717) is 0 Å². The molecule has 1 unspecified atom stereocenters. The van der Waals surface area contributed by atoms with Crippen molar-refractivity contribution in [3.63, 3.8) is 0 Å². The number of hydrogen-bond donors (Lipinski definition) is 0. The monoisotopic (exact) mass is 315 g/mol. The van der Waals surface area contributed by atoms with E-state index in [2.05, 4.69) is 39.4 Å². The van der Waals surface area contributed by atoms with Gasteiger partial charge in [0.25, 0.3) is 0 Å². The standard InChI is InChI=1S/C19H17N5/c1-23-18(15-8-4-2-5-9-15)17(12-21-23)19(24-14-20-13-22-24)16-10-6-3-7-11-16/h2-14,19H,1H3. The van der Waals surface area contributed by atoms with Gasteiger partial charge in [-0.3, -0.25) is 4.68 Å². The summed E-state index contributed by atoms with van der Waals surface area (Å²) in [5, 5.41) is 8.89. The maximum Gasteiger partial charge on any atom is 0.137 e. The minimum absolute atomic E-state index is 0.0717. The second-order valence-electron chi connectivity index (χ2n) is 5.63. The Kier molecular flexibility index (Phi) is 3.67. The van der Waals surface area contributed by atoms with Gasteiger partial charge in [0, 0.05) is 18.2 Å². The van der Waals surface area contributed by atoms with E-state index in [0.717, 1.165) is 22.4 Å². The third kappa shape index (κ3) is 2.50. The smallest absolute Gasteiger partial charge is 0.137 e. The van der Waals surface area contributed by atoms with Crippen molar-refractivity contribution < 1.29 is 0 Å². The first-order chi connectivity index (χ1) is 11.8. The number of aromatic nitrogens is 5. The topological polar surface area (TPSA) is 48.5 Å². The van der Waals surface area contributed by atoms with Crippen LogP contribution in [0.25, 0.3) is 11.3 Å². The van der Waals surface area contributed by atoms with E-state index in [4.69, 9.17) is 0 Å². The zero-order valence-corrected chi connectivity index (χ0v) is 13.3. The van der Waals surface area contributed by atoms with Gasteiger partial charge in [0.05, 0.1) is 11.9 Å². The van der Waals surface area contributed by atoms with Gasteiger partial charge in [0.1, 0.15) is 18.7 Å². The second kappa shape index (κ2) is 6.12. The van der Waals surface area contributed by atoms with Crippen LogP contribution in [0.15, 0.2) is 79.5 Å². The fourth-order valence-corrected chi connectivity index (χ4v) is 3.06. The molecule has 0 spiro atoms. The summed E-state index contributed by atoms with van der Waals surface area (Å²) in [6.07, 6.45) is 5.23. The highest BCUT2D eigenvalue weighted by Crippen LogP contribution is 2.33. The van der Waals surface area contributed by atoms with Crippen molar-refractivity contribution in [2.75, 3.05) is 0 Å². The second-order valence-corrected chi connectivity index (χ2v) is 5.63. The van der Waals surface area contributed by atoms with E-state index in [1.54, 1.807) is 12.7 Å². The van der Waals surface area contributed by atoms with Crippen LogP contribution >= 0.6 is 0 Å². The van der Waals surface area contributed by atoms with Crippen LogP contribution in [0.1, 0.15) is 17.2 Å². The van der Waals surface area contributed by atoms with E-state index in [9.17, 15) is 0 Å². The zero-order valence-electron chi connectivity index (χ0n) is 13.3.